The average Bonchev–Trinajstić information content (AvgIpc) is 2.35. The van der Waals surface area contributed by atoms with Crippen molar-refractivity contribution >= 4 is 5.97 Å². The minimum absolute atomic E-state index is 0.219. The summed E-state index contributed by atoms with van der Waals surface area (Å²) in [5, 5.41) is 0. The third kappa shape index (κ3) is 2.00. The highest BCUT2D eigenvalue weighted by atomic mass is 16.5. The molecule has 1 heterocycles. The monoisotopic (exact) mass is 169 g/mol. The van der Waals surface area contributed by atoms with Crippen LogP contribution in [-0.4, -0.2) is 12.6 Å². The minimum atomic E-state index is -0.219. The molecule has 1 aliphatic heterocycles. The van der Waals surface area contributed by atoms with E-state index in [9.17, 15) is 4.79 Å². The summed E-state index contributed by atoms with van der Waals surface area (Å²) in [5.74, 6) is -0.219. The van der Waals surface area contributed by atoms with Crippen LogP contribution in [0.3, 0.4) is 0 Å². The van der Waals surface area contributed by atoms with Gasteiger partial charge in [-0.05, 0) is 12.8 Å². The number of nitrogens with two attached hydrogens (primary N) is 1. The molecule has 3 heteroatoms. The number of ether oxygens (including phenoxy) is 1. The van der Waals surface area contributed by atoms with Gasteiger partial charge in [0.1, 0.15) is 6.61 Å². The largest absolute Gasteiger partial charge is 0.456 e. The number of hydrogen-bond acceptors (Lipinski definition) is 3. The van der Waals surface area contributed by atoms with Gasteiger partial charge in [0.2, 0.25) is 0 Å². The Balaban J connectivity index is 2.39. The van der Waals surface area contributed by atoms with E-state index in [0.717, 1.165) is 25.7 Å². The molecular formula is C9H15NO2. The van der Waals surface area contributed by atoms with E-state index < -0.39 is 0 Å². The van der Waals surface area contributed by atoms with Gasteiger partial charge < -0.3 is 10.5 Å². The Hall–Kier alpha value is -0.990. The molecule has 0 aromatic heterocycles. The lowest BCUT2D eigenvalue weighted by Crippen LogP contribution is -2.01. The summed E-state index contributed by atoms with van der Waals surface area (Å²) in [6.45, 7) is 2.42. The molecule has 0 saturated heterocycles. The SMILES string of the molecule is CCCCCC1=C(N)COC1=O. The molecule has 68 valence electrons. The summed E-state index contributed by atoms with van der Waals surface area (Å²) in [7, 11) is 0. The highest BCUT2D eigenvalue weighted by Gasteiger charge is 2.21. The lowest BCUT2D eigenvalue weighted by atomic mass is 10.1. The molecule has 0 aliphatic carbocycles. The third-order valence-corrected chi connectivity index (χ3v) is 2.02. The van der Waals surface area contributed by atoms with E-state index in [4.69, 9.17) is 10.5 Å². The minimum Gasteiger partial charge on any atom is -0.456 e. The lowest BCUT2D eigenvalue weighted by molar-refractivity contribution is -0.136. The summed E-state index contributed by atoms with van der Waals surface area (Å²) in [4.78, 5) is 11.0. The number of esters is 1. The van der Waals surface area contributed by atoms with Crippen molar-refractivity contribution in [1.82, 2.24) is 0 Å². The zero-order chi connectivity index (χ0) is 8.97. The number of rotatable bonds is 4. The molecule has 2 N–H and O–H groups in total. The summed E-state index contributed by atoms with van der Waals surface area (Å²) < 4.78 is 4.77. The van der Waals surface area contributed by atoms with Gasteiger partial charge in [-0.15, -0.1) is 0 Å². The Bertz CT molecular complexity index is 209. The molecule has 0 unspecified atom stereocenters. The molecule has 1 aliphatic rings. The molecule has 0 aromatic carbocycles. The van der Waals surface area contributed by atoms with Crippen LogP contribution in [0.15, 0.2) is 11.3 Å². The van der Waals surface area contributed by atoms with Crippen LogP contribution in [-0.2, 0) is 9.53 Å². The van der Waals surface area contributed by atoms with E-state index in [2.05, 4.69) is 6.92 Å². The van der Waals surface area contributed by atoms with Crippen molar-refractivity contribution in [1.29, 1.82) is 0 Å². The highest BCUT2D eigenvalue weighted by Crippen LogP contribution is 2.18. The van der Waals surface area contributed by atoms with Crippen molar-refractivity contribution in [2.24, 2.45) is 5.73 Å². The second-order valence-corrected chi connectivity index (χ2v) is 3.04. The summed E-state index contributed by atoms with van der Waals surface area (Å²) in [6, 6.07) is 0. The summed E-state index contributed by atoms with van der Waals surface area (Å²) in [6.07, 6.45) is 4.10. The fourth-order valence-electron chi connectivity index (χ4n) is 1.26. The zero-order valence-corrected chi connectivity index (χ0v) is 7.43. The van der Waals surface area contributed by atoms with Crippen LogP contribution in [0, 0.1) is 0 Å². The maximum Gasteiger partial charge on any atom is 0.336 e. The Kier molecular flexibility index (Phi) is 3.14. The first-order valence-electron chi connectivity index (χ1n) is 4.40. The Labute approximate surface area is 72.6 Å². The number of hydrogen-bond donors (Lipinski definition) is 1. The fourth-order valence-corrected chi connectivity index (χ4v) is 1.26. The molecule has 0 radical (unpaired) electrons. The van der Waals surface area contributed by atoms with E-state index in [1.165, 1.54) is 0 Å². The van der Waals surface area contributed by atoms with Crippen molar-refractivity contribution in [2.75, 3.05) is 6.61 Å². The Morgan fingerprint density at radius 2 is 2.25 bits per heavy atom. The molecule has 0 aromatic rings. The van der Waals surface area contributed by atoms with Crippen LogP contribution in [0.5, 0.6) is 0 Å². The number of carbonyl (C=O) groups excluding carboxylic acids is 1. The molecule has 0 atom stereocenters. The molecule has 0 fully saturated rings. The van der Waals surface area contributed by atoms with Crippen LogP contribution < -0.4 is 5.73 Å². The van der Waals surface area contributed by atoms with Gasteiger partial charge in [0.25, 0.3) is 0 Å². The maximum absolute atomic E-state index is 11.0. The molecule has 0 spiro atoms. The van der Waals surface area contributed by atoms with E-state index in [0.29, 0.717) is 17.9 Å². The fraction of sp³-hybridized carbons (Fsp3) is 0.667. The van der Waals surface area contributed by atoms with Gasteiger partial charge in [0.05, 0.1) is 11.3 Å². The first-order chi connectivity index (χ1) is 5.75. The van der Waals surface area contributed by atoms with Crippen molar-refractivity contribution in [3.8, 4) is 0 Å². The van der Waals surface area contributed by atoms with Crippen LogP contribution in [0.4, 0.5) is 0 Å². The summed E-state index contributed by atoms with van der Waals surface area (Å²) >= 11 is 0. The summed E-state index contributed by atoms with van der Waals surface area (Å²) in [5.41, 5.74) is 6.90. The third-order valence-electron chi connectivity index (χ3n) is 2.02. The Morgan fingerprint density at radius 1 is 1.50 bits per heavy atom. The molecule has 1 rings (SSSR count). The van der Waals surface area contributed by atoms with Crippen LogP contribution in [0.1, 0.15) is 32.6 Å². The van der Waals surface area contributed by atoms with E-state index in [-0.39, 0.29) is 5.97 Å². The van der Waals surface area contributed by atoms with Crippen LogP contribution in [0.2, 0.25) is 0 Å². The smallest absolute Gasteiger partial charge is 0.336 e. The van der Waals surface area contributed by atoms with Gasteiger partial charge >= 0.3 is 5.97 Å². The van der Waals surface area contributed by atoms with Crippen molar-refractivity contribution < 1.29 is 9.53 Å². The van der Waals surface area contributed by atoms with Crippen molar-refractivity contribution in [3.05, 3.63) is 11.3 Å². The van der Waals surface area contributed by atoms with Crippen molar-refractivity contribution in [2.45, 2.75) is 32.6 Å². The lowest BCUT2D eigenvalue weighted by Gasteiger charge is -1.98. The molecule has 12 heavy (non-hydrogen) atoms. The van der Waals surface area contributed by atoms with Gasteiger partial charge in [-0.25, -0.2) is 4.79 Å². The predicted octanol–water partition coefficient (Wildman–Crippen LogP) is 1.34. The van der Waals surface area contributed by atoms with Gasteiger partial charge in [-0.2, -0.15) is 0 Å². The maximum atomic E-state index is 11.0. The normalized spacial score (nSPS) is 16.9. The Morgan fingerprint density at radius 3 is 2.75 bits per heavy atom. The van der Waals surface area contributed by atoms with Gasteiger partial charge in [0, 0.05) is 0 Å². The van der Waals surface area contributed by atoms with Crippen molar-refractivity contribution in [3.63, 3.8) is 0 Å². The first-order valence-corrected chi connectivity index (χ1v) is 4.40. The average molecular weight is 169 g/mol. The number of cyclic esters (lactones) is 1. The van der Waals surface area contributed by atoms with E-state index in [1.807, 2.05) is 0 Å². The highest BCUT2D eigenvalue weighted by molar-refractivity contribution is 5.91. The second-order valence-electron chi connectivity index (χ2n) is 3.04. The van der Waals surface area contributed by atoms with E-state index in [1.54, 1.807) is 0 Å². The molecule has 3 nitrogen and oxygen atoms in total. The van der Waals surface area contributed by atoms with Gasteiger partial charge in [0.15, 0.2) is 0 Å². The first kappa shape index (κ1) is 9.10. The van der Waals surface area contributed by atoms with Crippen LogP contribution in [0.25, 0.3) is 0 Å². The molecular weight excluding hydrogens is 154 g/mol. The quantitative estimate of drug-likeness (QED) is 0.510. The van der Waals surface area contributed by atoms with E-state index >= 15 is 0 Å². The zero-order valence-electron chi connectivity index (χ0n) is 7.43. The topological polar surface area (TPSA) is 52.3 Å². The number of carbonyl (C=O) groups is 1. The molecule has 0 bridgehead atoms. The molecule has 0 saturated carbocycles. The second kappa shape index (κ2) is 4.14. The van der Waals surface area contributed by atoms with Crippen LogP contribution >= 0.6 is 0 Å². The predicted molar refractivity (Wildman–Crippen MR) is 46.3 cm³/mol. The van der Waals surface area contributed by atoms with Gasteiger partial charge in [-0.1, -0.05) is 19.8 Å². The molecule has 0 amide bonds. The standard InChI is InChI=1S/C9H15NO2/c1-2-3-4-5-7-8(10)6-12-9(7)11/h2-6,10H2,1H3. The van der Waals surface area contributed by atoms with Gasteiger partial charge in [-0.3, -0.25) is 0 Å². The number of unbranched alkanes of at least 4 members (excludes halogenated alkanes) is 2.